The summed E-state index contributed by atoms with van der Waals surface area (Å²) in [7, 11) is 0. The third-order valence-electron chi connectivity index (χ3n) is 3.70. The number of aromatic nitrogens is 4. The Balaban J connectivity index is 1.52. The second-order valence-corrected chi connectivity index (χ2v) is 5.44. The predicted octanol–water partition coefficient (Wildman–Crippen LogP) is 4.28. The van der Waals surface area contributed by atoms with Crippen molar-refractivity contribution in [3.8, 4) is 28.8 Å². The minimum Gasteiger partial charge on any atom is -0.457 e. The van der Waals surface area contributed by atoms with Gasteiger partial charge in [0.2, 0.25) is 0 Å². The van der Waals surface area contributed by atoms with Gasteiger partial charge in [-0.3, -0.25) is 0 Å². The number of para-hydroxylation sites is 1. The van der Waals surface area contributed by atoms with Crippen LogP contribution in [-0.2, 0) is 6.42 Å². The average Bonchev–Trinajstić information content (AvgIpc) is 3.32. The minimum atomic E-state index is 0.430. The van der Waals surface area contributed by atoms with Crippen LogP contribution in [0.4, 0.5) is 0 Å². The van der Waals surface area contributed by atoms with E-state index < -0.39 is 0 Å². The van der Waals surface area contributed by atoms with Gasteiger partial charge in [-0.1, -0.05) is 30.3 Å². The van der Waals surface area contributed by atoms with E-state index in [0.717, 1.165) is 23.6 Å². The molecule has 25 heavy (non-hydrogen) atoms. The van der Waals surface area contributed by atoms with Crippen LogP contribution >= 0.6 is 0 Å². The summed E-state index contributed by atoms with van der Waals surface area (Å²) >= 11 is 0. The Labute approximate surface area is 144 Å². The van der Waals surface area contributed by atoms with Gasteiger partial charge in [-0.2, -0.15) is 4.98 Å². The molecule has 0 saturated carbocycles. The molecule has 0 bridgehead atoms. The highest BCUT2D eigenvalue weighted by atomic mass is 16.5. The highest BCUT2D eigenvalue weighted by Crippen LogP contribution is 2.23. The fourth-order valence-electron chi connectivity index (χ4n) is 2.39. The van der Waals surface area contributed by atoms with Gasteiger partial charge in [0.25, 0.3) is 5.89 Å². The molecule has 2 heterocycles. The van der Waals surface area contributed by atoms with Gasteiger partial charge in [0.15, 0.2) is 5.82 Å². The smallest absolute Gasteiger partial charge is 0.278 e. The van der Waals surface area contributed by atoms with Crippen molar-refractivity contribution >= 4 is 0 Å². The van der Waals surface area contributed by atoms with Crippen molar-refractivity contribution < 1.29 is 9.26 Å². The van der Waals surface area contributed by atoms with Crippen LogP contribution in [0.1, 0.15) is 12.7 Å². The van der Waals surface area contributed by atoms with Crippen LogP contribution in [0.3, 0.4) is 0 Å². The number of nitrogens with zero attached hydrogens (tertiary/aromatic N) is 4. The first kappa shape index (κ1) is 15.1. The fraction of sp³-hybridized carbons (Fsp3) is 0.105. The summed E-state index contributed by atoms with van der Waals surface area (Å²) in [5.74, 6) is 2.69. The van der Waals surface area contributed by atoms with Crippen LogP contribution in [0.2, 0.25) is 0 Å². The van der Waals surface area contributed by atoms with E-state index in [0.29, 0.717) is 17.4 Å². The van der Waals surface area contributed by atoms with Crippen LogP contribution in [0.5, 0.6) is 11.5 Å². The van der Waals surface area contributed by atoms with Crippen LogP contribution in [0.25, 0.3) is 17.3 Å². The van der Waals surface area contributed by atoms with E-state index in [2.05, 4.69) is 15.1 Å². The molecule has 0 saturated heterocycles. The fourth-order valence-corrected chi connectivity index (χ4v) is 2.39. The Morgan fingerprint density at radius 1 is 1.00 bits per heavy atom. The number of hydrogen-bond donors (Lipinski definition) is 0. The number of imidazole rings is 1. The monoisotopic (exact) mass is 332 g/mol. The van der Waals surface area contributed by atoms with E-state index in [1.807, 2.05) is 72.3 Å². The van der Waals surface area contributed by atoms with E-state index >= 15 is 0 Å². The first-order chi connectivity index (χ1) is 12.3. The van der Waals surface area contributed by atoms with Crippen molar-refractivity contribution in [2.75, 3.05) is 0 Å². The predicted molar refractivity (Wildman–Crippen MR) is 92.8 cm³/mol. The molecule has 4 rings (SSSR count). The summed E-state index contributed by atoms with van der Waals surface area (Å²) in [6.07, 6.45) is 4.31. The first-order valence-corrected chi connectivity index (χ1v) is 8.02. The molecule has 0 spiro atoms. The normalized spacial score (nSPS) is 10.8. The highest BCUT2D eigenvalue weighted by Gasteiger charge is 2.11. The van der Waals surface area contributed by atoms with Crippen molar-refractivity contribution in [3.63, 3.8) is 0 Å². The quantitative estimate of drug-likeness (QED) is 0.546. The van der Waals surface area contributed by atoms with E-state index in [-0.39, 0.29) is 0 Å². The lowest BCUT2D eigenvalue weighted by Gasteiger charge is -2.07. The van der Waals surface area contributed by atoms with Gasteiger partial charge in [0.05, 0.1) is 0 Å². The molecule has 2 aromatic carbocycles. The van der Waals surface area contributed by atoms with Crippen molar-refractivity contribution in [1.29, 1.82) is 0 Å². The van der Waals surface area contributed by atoms with Gasteiger partial charge in [0, 0.05) is 18.3 Å². The van der Waals surface area contributed by atoms with E-state index in [4.69, 9.17) is 9.26 Å². The van der Waals surface area contributed by atoms with Gasteiger partial charge in [-0.05, 0) is 36.4 Å². The molecule has 0 radical (unpaired) electrons. The molecule has 0 atom stereocenters. The minimum absolute atomic E-state index is 0.430. The number of rotatable bonds is 5. The average molecular weight is 332 g/mol. The maximum atomic E-state index is 5.80. The summed E-state index contributed by atoms with van der Waals surface area (Å²) in [4.78, 5) is 8.63. The molecule has 0 amide bonds. The molecule has 0 fully saturated rings. The van der Waals surface area contributed by atoms with Crippen molar-refractivity contribution in [3.05, 3.63) is 72.9 Å². The molecular formula is C19H16N4O2. The van der Waals surface area contributed by atoms with Crippen LogP contribution in [0.15, 0.2) is 71.6 Å². The lowest BCUT2D eigenvalue weighted by atomic mass is 10.3. The second-order valence-electron chi connectivity index (χ2n) is 5.44. The third-order valence-corrected chi connectivity index (χ3v) is 3.70. The molecule has 0 N–H and O–H groups in total. The number of ether oxygens (including phenoxy) is 1. The van der Waals surface area contributed by atoms with Gasteiger partial charge in [-0.15, -0.1) is 0 Å². The summed E-state index contributed by atoms with van der Waals surface area (Å²) < 4.78 is 12.9. The summed E-state index contributed by atoms with van der Waals surface area (Å²) in [5.41, 5.74) is 1.62. The Morgan fingerprint density at radius 2 is 1.76 bits per heavy atom. The topological polar surface area (TPSA) is 66.0 Å². The SMILES string of the molecule is CCc1noc(-c2cn(-c3ccc(Oc4ccccc4)cc3)cn2)n1. The zero-order chi connectivity index (χ0) is 17.1. The molecule has 6 heteroatoms. The van der Waals surface area contributed by atoms with Gasteiger partial charge < -0.3 is 13.8 Å². The highest BCUT2D eigenvalue weighted by molar-refractivity contribution is 5.48. The lowest BCUT2D eigenvalue weighted by molar-refractivity contribution is 0.422. The van der Waals surface area contributed by atoms with Crippen LogP contribution < -0.4 is 4.74 Å². The van der Waals surface area contributed by atoms with Crippen molar-refractivity contribution in [2.24, 2.45) is 0 Å². The summed E-state index contributed by atoms with van der Waals surface area (Å²) in [5, 5.41) is 3.89. The molecule has 0 unspecified atom stereocenters. The van der Waals surface area contributed by atoms with Crippen molar-refractivity contribution in [2.45, 2.75) is 13.3 Å². The van der Waals surface area contributed by atoms with E-state index in [1.165, 1.54) is 0 Å². The van der Waals surface area contributed by atoms with E-state index in [1.54, 1.807) is 6.33 Å². The van der Waals surface area contributed by atoms with Gasteiger partial charge in [0.1, 0.15) is 23.5 Å². The number of benzene rings is 2. The molecule has 2 aromatic heterocycles. The van der Waals surface area contributed by atoms with Crippen LogP contribution in [0, 0.1) is 0 Å². The first-order valence-electron chi connectivity index (χ1n) is 8.02. The molecule has 4 aromatic rings. The summed E-state index contributed by atoms with van der Waals surface area (Å²) in [6, 6.07) is 17.5. The maximum absolute atomic E-state index is 5.80. The number of aryl methyl sites for hydroxylation is 1. The largest absolute Gasteiger partial charge is 0.457 e. The zero-order valence-electron chi connectivity index (χ0n) is 13.7. The molecular weight excluding hydrogens is 316 g/mol. The number of hydrogen-bond acceptors (Lipinski definition) is 5. The standard InChI is InChI=1S/C19H16N4O2/c1-2-18-21-19(25-22-18)17-12-23(13-20-17)14-8-10-16(11-9-14)24-15-6-4-3-5-7-15/h3-13H,2H2,1H3. The second kappa shape index (κ2) is 6.60. The molecule has 0 aliphatic heterocycles. The Morgan fingerprint density at radius 3 is 2.48 bits per heavy atom. The zero-order valence-corrected chi connectivity index (χ0v) is 13.7. The van der Waals surface area contributed by atoms with E-state index in [9.17, 15) is 0 Å². The third kappa shape index (κ3) is 3.28. The lowest BCUT2D eigenvalue weighted by Crippen LogP contribution is -1.90. The van der Waals surface area contributed by atoms with Crippen molar-refractivity contribution in [1.82, 2.24) is 19.7 Å². The van der Waals surface area contributed by atoms with Gasteiger partial charge >= 0.3 is 0 Å². The summed E-state index contributed by atoms with van der Waals surface area (Å²) in [6.45, 7) is 1.98. The maximum Gasteiger partial charge on any atom is 0.278 e. The molecule has 6 nitrogen and oxygen atoms in total. The van der Waals surface area contributed by atoms with Crippen LogP contribution in [-0.4, -0.2) is 19.7 Å². The Kier molecular flexibility index (Phi) is 4.00. The molecule has 124 valence electrons. The molecule has 0 aliphatic rings. The molecule has 0 aliphatic carbocycles. The Bertz CT molecular complexity index is 959. The Hall–Kier alpha value is -3.41. The van der Waals surface area contributed by atoms with Gasteiger partial charge in [-0.25, -0.2) is 4.98 Å².